The Hall–Kier alpha value is -0.340. The highest BCUT2D eigenvalue weighted by molar-refractivity contribution is 7.10. The van der Waals surface area contributed by atoms with Gasteiger partial charge in [0.25, 0.3) is 0 Å². The molecule has 1 unspecified atom stereocenters. The molecule has 1 fully saturated rings. The van der Waals surface area contributed by atoms with Crippen molar-refractivity contribution >= 4 is 11.3 Å². The molecule has 0 saturated heterocycles. The van der Waals surface area contributed by atoms with Gasteiger partial charge in [0.1, 0.15) is 0 Å². The number of rotatable bonds is 8. The third kappa shape index (κ3) is 5.41. The Bertz CT molecular complexity index is 366. The van der Waals surface area contributed by atoms with Crippen LogP contribution in [0.3, 0.4) is 0 Å². The molecule has 21 heavy (non-hydrogen) atoms. The summed E-state index contributed by atoms with van der Waals surface area (Å²) in [5, 5.41) is 6.31. The first-order valence-corrected chi connectivity index (χ1v) is 9.73. The van der Waals surface area contributed by atoms with Crippen LogP contribution in [0.5, 0.6) is 0 Å². The lowest BCUT2D eigenvalue weighted by Crippen LogP contribution is -2.37. The first-order valence-electron chi connectivity index (χ1n) is 8.85. The van der Waals surface area contributed by atoms with Gasteiger partial charge < -0.3 is 5.32 Å². The molecule has 1 heterocycles. The van der Waals surface area contributed by atoms with Gasteiger partial charge in [-0.25, -0.2) is 0 Å². The summed E-state index contributed by atoms with van der Waals surface area (Å²) in [6.07, 6.45) is 8.26. The summed E-state index contributed by atoms with van der Waals surface area (Å²) in [4.78, 5) is 1.56. The summed E-state index contributed by atoms with van der Waals surface area (Å²) >= 11 is 1.94. The van der Waals surface area contributed by atoms with Crippen LogP contribution in [0, 0.1) is 17.8 Å². The van der Waals surface area contributed by atoms with Gasteiger partial charge in [0.05, 0.1) is 0 Å². The van der Waals surface area contributed by atoms with E-state index in [9.17, 15) is 0 Å². The molecule has 1 N–H and O–H groups in total. The Labute approximate surface area is 135 Å². The van der Waals surface area contributed by atoms with Gasteiger partial charge >= 0.3 is 0 Å². The number of nitrogens with one attached hydrogen (secondary N) is 1. The first-order chi connectivity index (χ1) is 10.1. The molecule has 1 nitrogen and oxygen atoms in total. The van der Waals surface area contributed by atoms with Crippen LogP contribution >= 0.6 is 11.3 Å². The molecule has 120 valence electrons. The van der Waals surface area contributed by atoms with E-state index in [2.05, 4.69) is 50.5 Å². The van der Waals surface area contributed by atoms with Crippen molar-refractivity contribution in [1.29, 1.82) is 0 Å². The number of hydrogen-bond acceptors (Lipinski definition) is 2. The van der Waals surface area contributed by atoms with E-state index in [1.807, 2.05) is 11.3 Å². The number of hydrogen-bond donors (Lipinski definition) is 1. The Morgan fingerprint density at radius 2 is 1.71 bits per heavy atom. The SMILES string of the molecule is CC(C)CC(CC(C)C)NC(c1cccs1)C1CCCC1. The molecule has 0 radical (unpaired) electrons. The fraction of sp³-hybridized carbons (Fsp3) is 0.789. The first kappa shape index (κ1) is 17.0. The van der Waals surface area contributed by atoms with E-state index < -0.39 is 0 Å². The van der Waals surface area contributed by atoms with E-state index in [1.54, 1.807) is 4.88 Å². The molecule has 0 spiro atoms. The minimum atomic E-state index is 0.593. The third-order valence-corrected chi connectivity index (χ3v) is 5.60. The van der Waals surface area contributed by atoms with E-state index in [0.29, 0.717) is 12.1 Å². The molecule has 0 aliphatic heterocycles. The molecular formula is C19H33NS. The maximum atomic E-state index is 4.07. The molecule has 2 heteroatoms. The van der Waals surface area contributed by atoms with E-state index in [-0.39, 0.29) is 0 Å². The van der Waals surface area contributed by atoms with Crippen LogP contribution in [0.1, 0.15) is 77.1 Å². The average Bonchev–Trinajstić information content (AvgIpc) is 3.08. The Kier molecular flexibility index (Phi) is 6.75. The quantitative estimate of drug-likeness (QED) is 0.618. The normalized spacial score (nSPS) is 18.2. The van der Waals surface area contributed by atoms with Gasteiger partial charge in [0.15, 0.2) is 0 Å². The fourth-order valence-corrected chi connectivity index (χ4v) is 4.71. The highest BCUT2D eigenvalue weighted by Crippen LogP contribution is 2.38. The number of thiophene rings is 1. The Morgan fingerprint density at radius 1 is 1.10 bits per heavy atom. The molecule has 1 aliphatic carbocycles. The molecule has 1 aliphatic rings. The van der Waals surface area contributed by atoms with E-state index in [4.69, 9.17) is 0 Å². The van der Waals surface area contributed by atoms with E-state index >= 15 is 0 Å². The van der Waals surface area contributed by atoms with Crippen LogP contribution in [0.4, 0.5) is 0 Å². The molecule has 0 aromatic carbocycles. The highest BCUT2D eigenvalue weighted by Gasteiger charge is 2.29. The summed E-state index contributed by atoms with van der Waals surface area (Å²) in [6.45, 7) is 9.41. The lowest BCUT2D eigenvalue weighted by atomic mass is 9.91. The van der Waals surface area contributed by atoms with Crippen LogP contribution in [0.15, 0.2) is 17.5 Å². The largest absolute Gasteiger partial charge is 0.306 e. The Morgan fingerprint density at radius 3 is 2.19 bits per heavy atom. The third-order valence-electron chi connectivity index (χ3n) is 4.65. The lowest BCUT2D eigenvalue weighted by Gasteiger charge is -2.31. The summed E-state index contributed by atoms with van der Waals surface area (Å²) in [5.74, 6) is 2.40. The van der Waals surface area contributed by atoms with Gasteiger partial charge in [-0.2, -0.15) is 0 Å². The van der Waals surface area contributed by atoms with Crippen molar-refractivity contribution < 1.29 is 0 Å². The topological polar surface area (TPSA) is 12.0 Å². The fourth-order valence-electron chi connectivity index (χ4n) is 3.83. The monoisotopic (exact) mass is 307 g/mol. The van der Waals surface area contributed by atoms with Crippen molar-refractivity contribution in [3.63, 3.8) is 0 Å². The average molecular weight is 308 g/mol. The van der Waals surface area contributed by atoms with Gasteiger partial charge in [0, 0.05) is 17.0 Å². The van der Waals surface area contributed by atoms with Crippen molar-refractivity contribution in [1.82, 2.24) is 5.32 Å². The zero-order chi connectivity index (χ0) is 15.2. The second-order valence-electron chi connectivity index (χ2n) is 7.66. The van der Waals surface area contributed by atoms with Crippen LogP contribution < -0.4 is 5.32 Å². The maximum Gasteiger partial charge on any atom is 0.0445 e. The molecule has 2 rings (SSSR count). The molecule has 0 bridgehead atoms. The second kappa shape index (κ2) is 8.33. The van der Waals surface area contributed by atoms with E-state index in [1.165, 1.54) is 38.5 Å². The molecule has 1 atom stereocenters. The van der Waals surface area contributed by atoms with Gasteiger partial charge in [0.2, 0.25) is 0 Å². The van der Waals surface area contributed by atoms with Crippen molar-refractivity contribution in [3.8, 4) is 0 Å². The second-order valence-corrected chi connectivity index (χ2v) is 8.64. The van der Waals surface area contributed by atoms with Gasteiger partial charge in [-0.1, -0.05) is 46.6 Å². The van der Waals surface area contributed by atoms with Crippen LogP contribution in [-0.2, 0) is 0 Å². The van der Waals surface area contributed by atoms with Crippen molar-refractivity contribution in [3.05, 3.63) is 22.4 Å². The molecule has 1 aromatic rings. The minimum Gasteiger partial charge on any atom is -0.306 e. The van der Waals surface area contributed by atoms with E-state index in [0.717, 1.165) is 17.8 Å². The van der Waals surface area contributed by atoms with Crippen LogP contribution in [0.2, 0.25) is 0 Å². The molecular weight excluding hydrogens is 274 g/mol. The van der Waals surface area contributed by atoms with Gasteiger partial charge in [-0.05, 0) is 54.9 Å². The Balaban J connectivity index is 2.07. The van der Waals surface area contributed by atoms with Gasteiger partial charge in [-0.15, -0.1) is 11.3 Å². The standard InChI is InChI=1S/C19H33NS/c1-14(2)12-17(13-15(3)4)20-19(16-8-5-6-9-16)18-10-7-11-21-18/h7,10-11,14-17,19-20H,5-6,8-9,12-13H2,1-4H3. The zero-order valence-electron chi connectivity index (χ0n) is 14.3. The molecule has 0 amide bonds. The lowest BCUT2D eigenvalue weighted by molar-refractivity contribution is 0.279. The zero-order valence-corrected chi connectivity index (χ0v) is 15.1. The van der Waals surface area contributed by atoms with Crippen molar-refractivity contribution in [2.45, 2.75) is 78.3 Å². The van der Waals surface area contributed by atoms with Crippen molar-refractivity contribution in [2.75, 3.05) is 0 Å². The predicted molar refractivity (Wildman–Crippen MR) is 94.9 cm³/mol. The van der Waals surface area contributed by atoms with Gasteiger partial charge in [-0.3, -0.25) is 0 Å². The summed E-state index contributed by atoms with van der Waals surface area (Å²) < 4.78 is 0. The van der Waals surface area contributed by atoms with Crippen molar-refractivity contribution in [2.24, 2.45) is 17.8 Å². The predicted octanol–water partition coefficient (Wildman–Crippen LogP) is 6.03. The molecule has 1 saturated carbocycles. The smallest absolute Gasteiger partial charge is 0.0445 e. The summed E-state index contributed by atoms with van der Waals surface area (Å²) in [5.41, 5.74) is 0. The minimum absolute atomic E-state index is 0.593. The summed E-state index contributed by atoms with van der Waals surface area (Å²) in [7, 11) is 0. The molecule has 1 aromatic heterocycles. The van der Waals surface area contributed by atoms with Crippen LogP contribution in [-0.4, -0.2) is 6.04 Å². The maximum absolute atomic E-state index is 4.07. The highest BCUT2D eigenvalue weighted by atomic mass is 32.1. The van der Waals surface area contributed by atoms with Crippen LogP contribution in [0.25, 0.3) is 0 Å². The summed E-state index contributed by atoms with van der Waals surface area (Å²) in [6, 6.07) is 5.80.